The van der Waals surface area contributed by atoms with Gasteiger partial charge in [-0.15, -0.1) is 0 Å². The summed E-state index contributed by atoms with van der Waals surface area (Å²) in [4.78, 5) is 4.45. The minimum atomic E-state index is 0.268. The van der Waals surface area contributed by atoms with Gasteiger partial charge in [0, 0.05) is 24.6 Å². The molecule has 0 aliphatic carbocycles. The second-order valence-corrected chi connectivity index (χ2v) is 4.39. The third-order valence-corrected chi connectivity index (χ3v) is 2.53. The van der Waals surface area contributed by atoms with Crippen molar-refractivity contribution in [1.82, 2.24) is 4.98 Å². The molecule has 0 aromatic carbocycles. The Morgan fingerprint density at radius 2 is 2.46 bits per heavy atom. The first kappa shape index (κ1) is 11.0. The lowest BCUT2D eigenvalue weighted by Crippen LogP contribution is -2.11. The van der Waals surface area contributed by atoms with E-state index in [1.807, 2.05) is 12.1 Å². The van der Waals surface area contributed by atoms with E-state index in [0.29, 0.717) is 11.6 Å². The Labute approximate surface area is 91.4 Å². The average Bonchev–Trinajstić information content (AvgIpc) is 2.09. The maximum absolute atomic E-state index is 5.94. The first-order valence-electron chi connectivity index (χ1n) is 3.96. The van der Waals surface area contributed by atoms with E-state index in [9.17, 15) is 0 Å². The van der Waals surface area contributed by atoms with Crippen LogP contribution in [0.3, 0.4) is 0 Å². The van der Waals surface area contributed by atoms with Gasteiger partial charge in [-0.25, -0.2) is 0 Å². The summed E-state index contributed by atoms with van der Waals surface area (Å²) in [7, 11) is 1.67. The number of alkyl halides is 1. The van der Waals surface area contributed by atoms with Crippen LogP contribution < -0.4 is 0 Å². The smallest absolute Gasteiger partial charge is 0.0621 e. The SMILES string of the molecule is COCC(Br)Cc1ncccc1Cl. The number of rotatable bonds is 4. The Kier molecular flexibility index (Phi) is 4.70. The third kappa shape index (κ3) is 3.63. The maximum Gasteiger partial charge on any atom is 0.0621 e. The van der Waals surface area contributed by atoms with Crippen LogP contribution in [0, 0.1) is 0 Å². The Morgan fingerprint density at radius 3 is 3.08 bits per heavy atom. The van der Waals surface area contributed by atoms with Gasteiger partial charge in [0.2, 0.25) is 0 Å². The van der Waals surface area contributed by atoms with Gasteiger partial charge in [-0.05, 0) is 12.1 Å². The monoisotopic (exact) mass is 263 g/mol. The van der Waals surface area contributed by atoms with E-state index in [0.717, 1.165) is 12.1 Å². The van der Waals surface area contributed by atoms with Crippen molar-refractivity contribution in [2.24, 2.45) is 0 Å². The summed E-state index contributed by atoms with van der Waals surface area (Å²) in [6, 6.07) is 3.67. The molecule has 0 aliphatic heterocycles. The van der Waals surface area contributed by atoms with E-state index in [1.165, 1.54) is 0 Å². The summed E-state index contributed by atoms with van der Waals surface area (Å²) in [5, 5.41) is 0.711. The zero-order valence-corrected chi connectivity index (χ0v) is 9.68. The zero-order chi connectivity index (χ0) is 9.68. The van der Waals surface area contributed by atoms with Crippen LogP contribution in [0.1, 0.15) is 5.69 Å². The molecule has 0 radical (unpaired) electrons. The van der Waals surface area contributed by atoms with Gasteiger partial charge in [-0.3, -0.25) is 4.98 Å². The first-order valence-corrected chi connectivity index (χ1v) is 5.25. The standard InChI is InChI=1S/C9H11BrClNO/c1-13-6-7(10)5-9-8(11)3-2-4-12-9/h2-4,7H,5-6H2,1H3. The lowest BCUT2D eigenvalue weighted by molar-refractivity contribution is 0.200. The van der Waals surface area contributed by atoms with Crippen molar-refractivity contribution in [3.63, 3.8) is 0 Å². The Morgan fingerprint density at radius 1 is 1.69 bits per heavy atom. The summed E-state index contributed by atoms with van der Waals surface area (Å²) in [5.41, 5.74) is 0.906. The van der Waals surface area contributed by atoms with Gasteiger partial charge in [0.25, 0.3) is 0 Å². The highest BCUT2D eigenvalue weighted by Gasteiger charge is 2.08. The van der Waals surface area contributed by atoms with Gasteiger partial charge >= 0.3 is 0 Å². The molecular formula is C9H11BrClNO. The van der Waals surface area contributed by atoms with Crippen LogP contribution in [0.4, 0.5) is 0 Å². The number of nitrogens with zero attached hydrogens (tertiary/aromatic N) is 1. The molecule has 1 rings (SSSR count). The summed E-state index contributed by atoms with van der Waals surface area (Å²) in [6.45, 7) is 0.660. The lowest BCUT2D eigenvalue weighted by atomic mass is 10.2. The van der Waals surface area contributed by atoms with Gasteiger partial charge in [0.05, 0.1) is 17.3 Å². The van der Waals surface area contributed by atoms with E-state index < -0.39 is 0 Å². The molecule has 4 heteroatoms. The fourth-order valence-corrected chi connectivity index (χ4v) is 1.79. The molecule has 0 aliphatic rings. The Bertz CT molecular complexity index is 270. The molecule has 2 nitrogen and oxygen atoms in total. The van der Waals surface area contributed by atoms with Crippen LogP contribution in [-0.4, -0.2) is 23.5 Å². The molecule has 0 saturated heterocycles. The van der Waals surface area contributed by atoms with Crippen molar-refractivity contribution < 1.29 is 4.74 Å². The number of aromatic nitrogens is 1. The van der Waals surface area contributed by atoms with Crippen LogP contribution in [0.25, 0.3) is 0 Å². The van der Waals surface area contributed by atoms with Crippen molar-refractivity contribution in [3.8, 4) is 0 Å². The fraction of sp³-hybridized carbons (Fsp3) is 0.444. The summed E-state index contributed by atoms with van der Waals surface area (Å²) in [5.74, 6) is 0. The Hall–Kier alpha value is -0.120. The molecule has 1 heterocycles. The van der Waals surface area contributed by atoms with E-state index in [-0.39, 0.29) is 4.83 Å². The minimum absolute atomic E-state index is 0.268. The molecule has 13 heavy (non-hydrogen) atoms. The number of hydrogen-bond acceptors (Lipinski definition) is 2. The number of halogens is 2. The van der Waals surface area contributed by atoms with Crippen molar-refractivity contribution in [2.75, 3.05) is 13.7 Å². The minimum Gasteiger partial charge on any atom is -0.384 e. The molecule has 1 atom stereocenters. The number of pyridine rings is 1. The lowest BCUT2D eigenvalue weighted by Gasteiger charge is -2.08. The quantitative estimate of drug-likeness (QED) is 0.780. The van der Waals surface area contributed by atoms with Gasteiger partial charge in [-0.2, -0.15) is 0 Å². The van der Waals surface area contributed by atoms with E-state index in [1.54, 1.807) is 13.3 Å². The second-order valence-electron chi connectivity index (χ2n) is 2.69. The second kappa shape index (κ2) is 5.58. The normalized spacial score (nSPS) is 12.8. The van der Waals surface area contributed by atoms with Crippen molar-refractivity contribution in [3.05, 3.63) is 29.0 Å². The van der Waals surface area contributed by atoms with E-state index >= 15 is 0 Å². The van der Waals surface area contributed by atoms with Gasteiger partial charge < -0.3 is 4.74 Å². The maximum atomic E-state index is 5.94. The first-order chi connectivity index (χ1) is 6.24. The van der Waals surface area contributed by atoms with Gasteiger partial charge in [0.1, 0.15) is 0 Å². The largest absolute Gasteiger partial charge is 0.384 e. The number of ether oxygens (including phenoxy) is 1. The molecule has 72 valence electrons. The summed E-state index contributed by atoms with van der Waals surface area (Å²) in [6.07, 6.45) is 2.53. The van der Waals surface area contributed by atoms with Crippen LogP contribution in [-0.2, 0) is 11.2 Å². The molecule has 0 fully saturated rings. The highest BCUT2D eigenvalue weighted by atomic mass is 79.9. The fourth-order valence-electron chi connectivity index (χ4n) is 1.02. The number of hydrogen-bond donors (Lipinski definition) is 0. The van der Waals surface area contributed by atoms with Crippen molar-refractivity contribution in [2.45, 2.75) is 11.2 Å². The van der Waals surface area contributed by atoms with Gasteiger partial charge in [-0.1, -0.05) is 27.5 Å². The number of methoxy groups -OCH3 is 1. The van der Waals surface area contributed by atoms with E-state index in [4.69, 9.17) is 16.3 Å². The molecule has 0 N–H and O–H groups in total. The topological polar surface area (TPSA) is 22.1 Å². The predicted molar refractivity (Wildman–Crippen MR) is 57.5 cm³/mol. The van der Waals surface area contributed by atoms with Gasteiger partial charge in [0.15, 0.2) is 0 Å². The molecule has 1 aromatic rings. The van der Waals surface area contributed by atoms with Crippen molar-refractivity contribution in [1.29, 1.82) is 0 Å². The van der Waals surface area contributed by atoms with Crippen LogP contribution >= 0.6 is 27.5 Å². The van der Waals surface area contributed by atoms with E-state index in [2.05, 4.69) is 20.9 Å². The molecule has 0 spiro atoms. The van der Waals surface area contributed by atoms with Crippen molar-refractivity contribution >= 4 is 27.5 Å². The zero-order valence-electron chi connectivity index (χ0n) is 7.34. The summed E-state index contributed by atoms with van der Waals surface area (Å²) < 4.78 is 5.00. The Balaban J connectivity index is 2.58. The van der Waals surface area contributed by atoms with Crippen LogP contribution in [0.15, 0.2) is 18.3 Å². The van der Waals surface area contributed by atoms with Crippen LogP contribution in [0.2, 0.25) is 5.02 Å². The predicted octanol–water partition coefficient (Wildman–Crippen LogP) is 2.69. The van der Waals surface area contributed by atoms with Crippen LogP contribution in [0.5, 0.6) is 0 Å². The molecule has 1 unspecified atom stereocenters. The molecule has 0 amide bonds. The molecular weight excluding hydrogens is 253 g/mol. The average molecular weight is 265 g/mol. The summed E-state index contributed by atoms with van der Waals surface area (Å²) >= 11 is 9.43. The highest BCUT2D eigenvalue weighted by Crippen LogP contribution is 2.16. The molecule has 0 saturated carbocycles. The third-order valence-electron chi connectivity index (χ3n) is 1.60. The molecule has 1 aromatic heterocycles. The highest BCUT2D eigenvalue weighted by molar-refractivity contribution is 9.09. The molecule has 0 bridgehead atoms.